The highest BCUT2D eigenvalue weighted by Gasteiger charge is 2.23. The number of likely N-dealkylation sites (N-methyl/N-ethyl adjacent to an activating group) is 1. The van der Waals surface area contributed by atoms with E-state index in [1.807, 2.05) is 17.5 Å². The smallest absolute Gasteiger partial charge is 0.141 e. The Morgan fingerprint density at radius 1 is 1.39 bits per heavy atom. The van der Waals surface area contributed by atoms with Crippen molar-refractivity contribution >= 4 is 33.8 Å². The predicted octanol–water partition coefficient (Wildman–Crippen LogP) is 3.69. The summed E-state index contributed by atoms with van der Waals surface area (Å²) < 4.78 is 0. The molecule has 1 aromatic carbocycles. The van der Waals surface area contributed by atoms with Crippen LogP contribution in [0.2, 0.25) is 0 Å². The van der Waals surface area contributed by atoms with Gasteiger partial charge in [-0.15, -0.1) is 11.3 Å². The van der Waals surface area contributed by atoms with Crippen LogP contribution < -0.4 is 5.73 Å². The molecule has 3 heterocycles. The van der Waals surface area contributed by atoms with Crippen molar-refractivity contribution in [3.05, 3.63) is 52.3 Å². The molecule has 0 saturated carbocycles. The van der Waals surface area contributed by atoms with Crippen LogP contribution in [0.4, 0.5) is 5.69 Å². The lowest BCUT2D eigenvalue weighted by atomic mass is 9.98. The minimum absolute atomic E-state index is 0.573. The van der Waals surface area contributed by atoms with Crippen molar-refractivity contribution in [2.24, 2.45) is 10.7 Å². The lowest BCUT2D eigenvalue weighted by molar-refractivity contribution is 0.412. The van der Waals surface area contributed by atoms with Gasteiger partial charge in [0.2, 0.25) is 0 Å². The van der Waals surface area contributed by atoms with Gasteiger partial charge in [-0.1, -0.05) is 12.1 Å². The van der Waals surface area contributed by atoms with Crippen molar-refractivity contribution in [2.45, 2.75) is 12.3 Å². The number of likely N-dealkylation sites (tertiary alicyclic amines) is 1. The van der Waals surface area contributed by atoms with Crippen LogP contribution >= 0.6 is 11.3 Å². The highest BCUT2D eigenvalue weighted by atomic mass is 32.1. The molecule has 23 heavy (non-hydrogen) atoms. The van der Waals surface area contributed by atoms with Crippen molar-refractivity contribution in [3.8, 4) is 0 Å². The second-order valence-electron chi connectivity index (χ2n) is 6.20. The number of nitrogens with one attached hydrogen (secondary N) is 1. The van der Waals surface area contributed by atoms with E-state index >= 15 is 0 Å². The molecule has 0 radical (unpaired) electrons. The van der Waals surface area contributed by atoms with Crippen LogP contribution in [0, 0.1) is 0 Å². The molecule has 4 rings (SSSR count). The van der Waals surface area contributed by atoms with Gasteiger partial charge in [-0.2, -0.15) is 0 Å². The van der Waals surface area contributed by atoms with Crippen LogP contribution in [0.1, 0.15) is 22.8 Å². The Morgan fingerprint density at radius 2 is 2.30 bits per heavy atom. The molecule has 4 nitrogen and oxygen atoms in total. The number of aromatic amines is 1. The minimum atomic E-state index is 0.573. The van der Waals surface area contributed by atoms with Gasteiger partial charge in [0.25, 0.3) is 0 Å². The second kappa shape index (κ2) is 5.83. The van der Waals surface area contributed by atoms with Crippen molar-refractivity contribution in [3.63, 3.8) is 0 Å². The van der Waals surface area contributed by atoms with Crippen molar-refractivity contribution in [2.75, 3.05) is 20.1 Å². The molecular weight excluding hydrogens is 304 g/mol. The average Bonchev–Trinajstić information content (AvgIpc) is 3.26. The third-order valence-electron chi connectivity index (χ3n) is 4.55. The van der Waals surface area contributed by atoms with Crippen LogP contribution in [-0.2, 0) is 0 Å². The van der Waals surface area contributed by atoms with Gasteiger partial charge in [0, 0.05) is 23.6 Å². The monoisotopic (exact) mass is 324 g/mol. The van der Waals surface area contributed by atoms with Crippen molar-refractivity contribution in [1.82, 2.24) is 9.88 Å². The van der Waals surface area contributed by atoms with E-state index in [4.69, 9.17) is 5.73 Å². The fourth-order valence-electron chi connectivity index (χ4n) is 3.35. The Labute approximate surface area is 139 Å². The average molecular weight is 324 g/mol. The van der Waals surface area contributed by atoms with E-state index in [1.165, 1.54) is 23.9 Å². The molecule has 1 saturated heterocycles. The third kappa shape index (κ3) is 2.78. The molecule has 1 atom stereocenters. The molecule has 0 amide bonds. The van der Waals surface area contributed by atoms with E-state index in [-0.39, 0.29) is 0 Å². The number of thiophene rings is 1. The van der Waals surface area contributed by atoms with Crippen molar-refractivity contribution in [1.29, 1.82) is 0 Å². The quantitative estimate of drug-likeness (QED) is 0.570. The Morgan fingerprint density at radius 3 is 3.04 bits per heavy atom. The summed E-state index contributed by atoms with van der Waals surface area (Å²) in [4.78, 5) is 11.3. The Balaban J connectivity index is 1.66. The largest absolute Gasteiger partial charge is 0.383 e. The van der Waals surface area contributed by atoms with Crippen LogP contribution in [0.15, 0.2) is 46.9 Å². The maximum atomic E-state index is 6.08. The summed E-state index contributed by atoms with van der Waals surface area (Å²) in [6.45, 7) is 2.31. The first kappa shape index (κ1) is 14.5. The number of aliphatic imine (C=N–C) groups is 1. The number of hydrogen-bond donors (Lipinski definition) is 2. The number of aromatic nitrogens is 1. The number of amidine groups is 1. The fourth-order valence-corrected chi connectivity index (χ4v) is 3.98. The molecule has 3 N–H and O–H groups in total. The van der Waals surface area contributed by atoms with Gasteiger partial charge >= 0.3 is 0 Å². The highest BCUT2D eigenvalue weighted by molar-refractivity contribution is 7.12. The lowest BCUT2D eigenvalue weighted by Crippen LogP contribution is -2.13. The van der Waals surface area contributed by atoms with Gasteiger partial charge in [-0.05, 0) is 55.1 Å². The number of fused-ring (bicyclic) bond motifs is 1. The molecule has 1 aliphatic rings. The summed E-state index contributed by atoms with van der Waals surface area (Å²) in [7, 11) is 2.19. The zero-order chi connectivity index (χ0) is 15.8. The van der Waals surface area contributed by atoms with E-state index in [0.29, 0.717) is 11.8 Å². The van der Waals surface area contributed by atoms with Gasteiger partial charge in [0.15, 0.2) is 0 Å². The number of rotatable bonds is 3. The molecule has 0 aliphatic carbocycles. The number of benzene rings is 1. The highest BCUT2D eigenvalue weighted by Crippen LogP contribution is 2.33. The van der Waals surface area contributed by atoms with Crippen LogP contribution in [-0.4, -0.2) is 35.9 Å². The SMILES string of the molecule is CN1CCC(c2c[nH]c3cc(N=C(N)c4cccs4)ccc23)C1. The van der Waals surface area contributed by atoms with Gasteiger partial charge < -0.3 is 15.6 Å². The molecule has 2 aromatic heterocycles. The van der Waals surface area contributed by atoms with E-state index < -0.39 is 0 Å². The van der Waals surface area contributed by atoms with Crippen LogP contribution in [0.25, 0.3) is 10.9 Å². The zero-order valence-corrected chi connectivity index (χ0v) is 13.9. The second-order valence-corrected chi connectivity index (χ2v) is 7.14. The first-order valence-electron chi connectivity index (χ1n) is 7.88. The molecule has 5 heteroatoms. The van der Waals surface area contributed by atoms with Crippen LogP contribution in [0.3, 0.4) is 0 Å². The Bertz CT molecular complexity index is 847. The summed E-state index contributed by atoms with van der Waals surface area (Å²) >= 11 is 1.61. The molecule has 3 aromatic rings. The number of nitrogens with zero attached hydrogens (tertiary/aromatic N) is 2. The summed E-state index contributed by atoms with van der Waals surface area (Å²) in [6.07, 6.45) is 3.39. The summed E-state index contributed by atoms with van der Waals surface area (Å²) in [5.74, 6) is 1.20. The number of hydrogen-bond acceptors (Lipinski definition) is 3. The van der Waals surface area contributed by atoms with E-state index in [2.05, 4.69) is 46.3 Å². The molecule has 1 unspecified atom stereocenters. The third-order valence-corrected chi connectivity index (χ3v) is 5.44. The van der Waals surface area contributed by atoms with Gasteiger partial charge in [0.1, 0.15) is 5.84 Å². The number of nitrogens with two attached hydrogens (primary N) is 1. The van der Waals surface area contributed by atoms with Gasteiger partial charge in [-0.25, -0.2) is 4.99 Å². The standard InChI is InChI=1S/C18H20N4S/c1-22-7-6-12(11-22)15-10-20-16-9-13(4-5-14(15)16)21-18(19)17-3-2-8-23-17/h2-5,8-10,12,20H,6-7,11H2,1H3,(H2,19,21). The molecular formula is C18H20N4S. The van der Waals surface area contributed by atoms with E-state index in [9.17, 15) is 0 Å². The first-order chi connectivity index (χ1) is 11.2. The topological polar surface area (TPSA) is 57.4 Å². The van der Waals surface area contributed by atoms with Crippen LogP contribution in [0.5, 0.6) is 0 Å². The van der Waals surface area contributed by atoms with E-state index in [0.717, 1.165) is 22.6 Å². The van der Waals surface area contributed by atoms with Gasteiger partial charge in [-0.3, -0.25) is 0 Å². The van der Waals surface area contributed by atoms with Gasteiger partial charge in [0.05, 0.1) is 10.6 Å². The summed E-state index contributed by atoms with van der Waals surface area (Å²) in [5.41, 5.74) is 9.53. The Hall–Kier alpha value is -2.11. The molecule has 0 bridgehead atoms. The molecule has 1 aliphatic heterocycles. The maximum Gasteiger partial charge on any atom is 0.141 e. The predicted molar refractivity (Wildman–Crippen MR) is 97.9 cm³/mol. The van der Waals surface area contributed by atoms with E-state index in [1.54, 1.807) is 11.3 Å². The molecule has 1 fully saturated rings. The number of H-pyrrole nitrogens is 1. The van der Waals surface area contributed by atoms with Crippen molar-refractivity contribution < 1.29 is 0 Å². The summed E-state index contributed by atoms with van der Waals surface area (Å²) in [6, 6.07) is 10.3. The minimum Gasteiger partial charge on any atom is -0.383 e. The lowest BCUT2D eigenvalue weighted by Gasteiger charge is -2.09. The fraction of sp³-hybridized carbons (Fsp3) is 0.278. The molecule has 0 spiro atoms. The maximum absolute atomic E-state index is 6.08. The summed E-state index contributed by atoms with van der Waals surface area (Å²) in [5, 5.41) is 3.32. The first-order valence-corrected chi connectivity index (χ1v) is 8.76. The Kier molecular flexibility index (Phi) is 3.67. The normalized spacial score (nSPS) is 19.7. The zero-order valence-electron chi connectivity index (χ0n) is 13.1. The molecule has 118 valence electrons.